The number of hydrogen-bond acceptors (Lipinski definition) is 5. The minimum absolute atomic E-state index is 0.241. The van der Waals surface area contributed by atoms with E-state index in [-0.39, 0.29) is 11.7 Å². The van der Waals surface area contributed by atoms with Crippen LogP contribution in [0, 0.1) is 0 Å². The molecule has 1 N–H and O–H groups in total. The predicted molar refractivity (Wildman–Crippen MR) is 102 cm³/mol. The number of halogens is 3. The number of nitrogens with zero attached hydrogens (tertiary/aromatic N) is 3. The van der Waals surface area contributed by atoms with E-state index < -0.39 is 12.4 Å². The molecule has 0 radical (unpaired) electrons. The summed E-state index contributed by atoms with van der Waals surface area (Å²) in [5.74, 6) is 0.113. The Morgan fingerprint density at radius 1 is 1.10 bits per heavy atom. The highest BCUT2D eigenvalue weighted by Crippen LogP contribution is 2.30. The zero-order valence-corrected chi connectivity index (χ0v) is 15.2. The molecule has 1 atom stereocenters. The van der Waals surface area contributed by atoms with Gasteiger partial charge in [-0.1, -0.05) is 12.1 Å². The SMILES string of the molecule is O=C(Nc1ccc(OC(F)(F)F)cc1)[C@@H]1CCCN1c1ncnc2ccccc12. The third-order valence-electron chi connectivity index (χ3n) is 4.70. The largest absolute Gasteiger partial charge is 0.573 e. The van der Waals surface area contributed by atoms with Crippen molar-refractivity contribution in [3.05, 3.63) is 54.9 Å². The second kappa shape index (κ2) is 7.57. The van der Waals surface area contributed by atoms with Gasteiger partial charge in [-0.25, -0.2) is 9.97 Å². The first-order valence-corrected chi connectivity index (χ1v) is 9.04. The molecule has 9 heteroatoms. The molecule has 0 aliphatic carbocycles. The number of nitrogens with one attached hydrogen (secondary N) is 1. The number of hydrogen-bond donors (Lipinski definition) is 1. The Hall–Kier alpha value is -3.36. The van der Waals surface area contributed by atoms with Crippen LogP contribution in [-0.2, 0) is 4.79 Å². The second-order valence-electron chi connectivity index (χ2n) is 6.63. The van der Waals surface area contributed by atoms with Gasteiger partial charge in [0.15, 0.2) is 0 Å². The highest BCUT2D eigenvalue weighted by molar-refractivity contribution is 5.99. The van der Waals surface area contributed by atoms with Crippen molar-refractivity contribution < 1.29 is 22.7 Å². The molecule has 1 aromatic heterocycles. The molecule has 0 spiro atoms. The molecule has 0 bridgehead atoms. The van der Waals surface area contributed by atoms with Crippen molar-refractivity contribution in [2.24, 2.45) is 0 Å². The van der Waals surface area contributed by atoms with Crippen LogP contribution in [0.3, 0.4) is 0 Å². The summed E-state index contributed by atoms with van der Waals surface area (Å²) in [4.78, 5) is 23.4. The second-order valence-corrected chi connectivity index (χ2v) is 6.63. The summed E-state index contributed by atoms with van der Waals surface area (Å²) in [6.07, 6.45) is -1.80. The van der Waals surface area contributed by atoms with Crippen LogP contribution < -0.4 is 15.0 Å². The number of anilines is 2. The van der Waals surface area contributed by atoms with Gasteiger partial charge in [0.25, 0.3) is 0 Å². The molecule has 4 rings (SSSR count). The first-order chi connectivity index (χ1) is 13.9. The fraction of sp³-hybridized carbons (Fsp3) is 0.250. The number of para-hydroxylation sites is 1. The monoisotopic (exact) mass is 402 g/mol. The molecule has 1 fully saturated rings. The van der Waals surface area contributed by atoms with Crippen LogP contribution in [0.5, 0.6) is 5.75 Å². The zero-order valence-electron chi connectivity index (χ0n) is 15.2. The van der Waals surface area contributed by atoms with Crippen molar-refractivity contribution in [3.8, 4) is 5.75 Å². The van der Waals surface area contributed by atoms with Crippen LogP contribution in [0.15, 0.2) is 54.9 Å². The summed E-state index contributed by atoms with van der Waals surface area (Å²) in [6.45, 7) is 0.678. The number of aromatic nitrogens is 2. The maximum atomic E-state index is 12.8. The Morgan fingerprint density at radius 3 is 2.62 bits per heavy atom. The number of amides is 1. The average molecular weight is 402 g/mol. The van der Waals surface area contributed by atoms with Crippen molar-refractivity contribution in [2.45, 2.75) is 25.2 Å². The minimum Gasteiger partial charge on any atom is -0.406 e. The third kappa shape index (κ3) is 4.23. The Balaban J connectivity index is 1.51. The van der Waals surface area contributed by atoms with Crippen LogP contribution in [0.1, 0.15) is 12.8 Å². The van der Waals surface area contributed by atoms with Crippen molar-refractivity contribution >= 4 is 28.3 Å². The Labute approximate surface area is 164 Å². The lowest BCUT2D eigenvalue weighted by Gasteiger charge is -2.25. The number of carbonyl (C=O) groups is 1. The summed E-state index contributed by atoms with van der Waals surface area (Å²) in [7, 11) is 0. The molecule has 3 aromatic rings. The number of benzene rings is 2. The third-order valence-corrected chi connectivity index (χ3v) is 4.70. The number of alkyl halides is 3. The molecule has 1 aliphatic rings. The molecule has 150 valence electrons. The van der Waals surface area contributed by atoms with E-state index in [1.807, 2.05) is 29.2 Å². The molecule has 2 heterocycles. The molecule has 1 amide bonds. The molecule has 6 nitrogen and oxygen atoms in total. The van der Waals surface area contributed by atoms with Gasteiger partial charge in [0, 0.05) is 17.6 Å². The van der Waals surface area contributed by atoms with E-state index in [0.717, 1.165) is 29.5 Å². The van der Waals surface area contributed by atoms with Crippen LogP contribution in [-0.4, -0.2) is 34.8 Å². The molecular formula is C20H17F3N4O2. The van der Waals surface area contributed by atoms with Crippen LogP contribution in [0.25, 0.3) is 10.9 Å². The average Bonchev–Trinajstić information content (AvgIpc) is 3.18. The molecule has 29 heavy (non-hydrogen) atoms. The number of carbonyl (C=O) groups excluding carboxylic acids is 1. The van der Waals surface area contributed by atoms with Gasteiger partial charge in [-0.2, -0.15) is 0 Å². The van der Waals surface area contributed by atoms with E-state index in [0.29, 0.717) is 24.5 Å². The summed E-state index contributed by atoms with van der Waals surface area (Å²) >= 11 is 0. The van der Waals surface area contributed by atoms with E-state index in [1.54, 1.807) is 0 Å². The topological polar surface area (TPSA) is 67.3 Å². The fourth-order valence-electron chi connectivity index (χ4n) is 3.48. The van der Waals surface area contributed by atoms with Gasteiger partial charge >= 0.3 is 6.36 Å². The summed E-state index contributed by atoms with van der Waals surface area (Å²) in [5.41, 5.74) is 1.19. The van der Waals surface area contributed by atoms with Gasteiger partial charge in [-0.15, -0.1) is 13.2 Å². The Bertz CT molecular complexity index is 1020. The molecule has 0 unspecified atom stereocenters. The lowest BCUT2D eigenvalue weighted by atomic mass is 10.1. The number of fused-ring (bicyclic) bond motifs is 1. The maximum Gasteiger partial charge on any atom is 0.573 e. The molecule has 2 aromatic carbocycles. The Morgan fingerprint density at radius 2 is 1.86 bits per heavy atom. The molecule has 0 saturated carbocycles. The van der Waals surface area contributed by atoms with Crippen molar-refractivity contribution in [1.29, 1.82) is 0 Å². The fourth-order valence-corrected chi connectivity index (χ4v) is 3.48. The van der Waals surface area contributed by atoms with Crippen molar-refractivity contribution in [1.82, 2.24) is 9.97 Å². The zero-order chi connectivity index (χ0) is 20.4. The number of ether oxygens (including phenoxy) is 1. The summed E-state index contributed by atoms with van der Waals surface area (Å²) in [6, 6.07) is 12.2. The van der Waals surface area contributed by atoms with E-state index in [4.69, 9.17) is 0 Å². The van der Waals surface area contributed by atoms with Gasteiger partial charge in [0.1, 0.15) is 23.9 Å². The Kier molecular flexibility index (Phi) is 4.96. The number of rotatable bonds is 4. The summed E-state index contributed by atoms with van der Waals surface area (Å²) < 4.78 is 40.6. The summed E-state index contributed by atoms with van der Waals surface area (Å²) in [5, 5.41) is 3.63. The van der Waals surface area contributed by atoms with Gasteiger partial charge in [-0.05, 0) is 49.2 Å². The highest BCUT2D eigenvalue weighted by atomic mass is 19.4. The normalized spacial score (nSPS) is 16.8. The van der Waals surface area contributed by atoms with Crippen molar-refractivity contribution in [3.63, 3.8) is 0 Å². The van der Waals surface area contributed by atoms with Gasteiger partial charge in [-0.3, -0.25) is 4.79 Å². The van der Waals surface area contributed by atoms with E-state index in [2.05, 4.69) is 20.0 Å². The maximum absolute atomic E-state index is 12.8. The highest BCUT2D eigenvalue weighted by Gasteiger charge is 2.33. The van der Waals surface area contributed by atoms with E-state index >= 15 is 0 Å². The first-order valence-electron chi connectivity index (χ1n) is 9.04. The lowest BCUT2D eigenvalue weighted by molar-refractivity contribution is -0.274. The van der Waals surface area contributed by atoms with Crippen LogP contribution in [0.4, 0.5) is 24.7 Å². The smallest absolute Gasteiger partial charge is 0.406 e. The quantitative estimate of drug-likeness (QED) is 0.711. The van der Waals surface area contributed by atoms with Crippen molar-refractivity contribution in [2.75, 3.05) is 16.8 Å². The molecule has 1 saturated heterocycles. The van der Waals surface area contributed by atoms with Gasteiger partial charge in [0.2, 0.25) is 5.91 Å². The van der Waals surface area contributed by atoms with Crippen LogP contribution in [0.2, 0.25) is 0 Å². The lowest BCUT2D eigenvalue weighted by Crippen LogP contribution is -2.40. The van der Waals surface area contributed by atoms with Gasteiger partial charge < -0.3 is 15.0 Å². The predicted octanol–water partition coefficient (Wildman–Crippen LogP) is 4.14. The van der Waals surface area contributed by atoms with Gasteiger partial charge in [0.05, 0.1) is 5.52 Å². The van der Waals surface area contributed by atoms with E-state index in [9.17, 15) is 18.0 Å². The minimum atomic E-state index is -4.75. The standard InChI is InChI=1S/C20H17F3N4O2/c21-20(22,23)29-14-9-7-13(8-10-14)26-19(28)17-6-3-11-27(17)18-15-4-1-2-5-16(15)24-12-25-18/h1-2,4-5,7-10,12,17H,3,6,11H2,(H,26,28)/t17-/m0/s1. The van der Waals surface area contributed by atoms with E-state index in [1.165, 1.54) is 18.5 Å². The molecule has 1 aliphatic heterocycles. The first kappa shape index (κ1) is 19.0. The molecular weight excluding hydrogens is 385 g/mol. The van der Waals surface area contributed by atoms with Crippen LogP contribution >= 0.6 is 0 Å².